The van der Waals surface area contributed by atoms with Gasteiger partial charge in [-0.3, -0.25) is 0 Å². The first-order chi connectivity index (χ1) is 8.04. The lowest BCUT2D eigenvalue weighted by atomic mass is 9.81. The topological polar surface area (TPSA) is 35.2 Å². The van der Waals surface area contributed by atoms with E-state index in [0.717, 1.165) is 31.6 Å². The van der Waals surface area contributed by atoms with Crippen LogP contribution in [0.2, 0.25) is 0 Å². The van der Waals surface area contributed by atoms with Crippen molar-refractivity contribution in [2.45, 2.75) is 51.5 Å². The molecule has 2 nitrogen and oxygen atoms in total. The Balaban J connectivity index is 2.41. The molecule has 0 spiro atoms. The zero-order valence-electron chi connectivity index (χ0n) is 11.1. The molecule has 94 valence electrons. The third-order valence-electron chi connectivity index (χ3n) is 3.99. The predicted octanol–water partition coefficient (Wildman–Crippen LogP) is 3.55. The van der Waals surface area contributed by atoms with Crippen molar-refractivity contribution in [1.82, 2.24) is 0 Å². The van der Waals surface area contributed by atoms with Gasteiger partial charge in [0.2, 0.25) is 0 Å². The van der Waals surface area contributed by atoms with Crippen LogP contribution in [-0.4, -0.2) is 6.61 Å². The summed E-state index contributed by atoms with van der Waals surface area (Å²) in [7, 11) is 0. The Morgan fingerprint density at radius 2 is 2.18 bits per heavy atom. The normalized spacial score (nSPS) is 20.4. The lowest BCUT2D eigenvalue weighted by Crippen LogP contribution is -2.17. The van der Waals surface area contributed by atoms with Crippen LogP contribution in [0, 0.1) is 0 Å². The van der Waals surface area contributed by atoms with Gasteiger partial charge in [-0.2, -0.15) is 0 Å². The van der Waals surface area contributed by atoms with Crippen molar-refractivity contribution < 1.29 is 4.74 Å². The summed E-state index contributed by atoms with van der Waals surface area (Å²) in [6.45, 7) is 7.56. The van der Waals surface area contributed by atoms with Crippen molar-refractivity contribution in [3.05, 3.63) is 29.3 Å². The summed E-state index contributed by atoms with van der Waals surface area (Å²) in [5.41, 5.74) is 8.97. The second-order valence-corrected chi connectivity index (χ2v) is 5.59. The zero-order chi connectivity index (χ0) is 12.5. The van der Waals surface area contributed by atoms with Gasteiger partial charge in [0.05, 0.1) is 6.61 Å². The monoisotopic (exact) mass is 233 g/mol. The average Bonchev–Trinajstić information content (AvgIpc) is 2.51. The molecule has 17 heavy (non-hydrogen) atoms. The molecular weight excluding hydrogens is 210 g/mol. The number of nitrogens with two attached hydrogens (primary N) is 1. The molecule has 0 aromatic heterocycles. The standard InChI is InChI=1S/C15H23NO/c1-4-15(2,3)11-7-8-14-12(10-11)13(16)6-5-9-17-14/h7-8,10,13H,4-6,9,16H2,1-3H3/t13-/m0/s1. The number of fused-ring (bicyclic) bond motifs is 1. The summed E-state index contributed by atoms with van der Waals surface area (Å²) in [6, 6.07) is 6.64. The van der Waals surface area contributed by atoms with Crippen molar-refractivity contribution in [2.24, 2.45) is 5.73 Å². The molecule has 1 aliphatic rings. The molecule has 0 fully saturated rings. The van der Waals surface area contributed by atoms with E-state index >= 15 is 0 Å². The second-order valence-electron chi connectivity index (χ2n) is 5.59. The van der Waals surface area contributed by atoms with Crippen LogP contribution in [0.3, 0.4) is 0 Å². The van der Waals surface area contributed by atoms with Crippen molar-refractivity contribution in [1.29, 1.82) is 0 Å². The minimum absolute atomic E-state index is 0.125. The van der Waals surface area contributed by atoms with Crippen LogP contribution in [0.25, 0.3) is 0 Å². The van der Waals surface area contributed by atoms with Crippen LogP contribution < -0.4 is 10.5 Å². The highest BCUT2D eigenvalue weighted by Gasteiger charge is 2.22. The summed E-state index contributed by atoms with van der Waals surface area (Å²) < 4.78 is 5.74. The molecule has 0 aliphatic carbocycles. The molecule has 2 rings (SSSR count). The number of ether oxygens (including phenoxy) is 1. The highest BCUT2D eigenvalue weighted by molar-refractivity contribution is 5.42. The van der Waals surface area contributed by atoms with Gasteiger partial charge in [-0.1, -0.05) is 26.8 Å². The lowest BCUT2D eigenvalue weighted by molar-refractivity contribution is 0.316. The van der Waals surface area contributed by atoms with Crippen LogP contribution in [0.15, 0.2) is 18.2 Å². The van der Waals surface area contributed by atoms with Crippen molar-refractivity contribution >= 4 is 0 Å². The Kier molecular flexibility index (Phi) is 3.43. The Labute approximate surface area is 104 Å². The lowest BCUT2D eigenvalue weighted by Gasteiger charge is -2.25. The van der Waals surface area contributed by atoms with E-state index in [1.54, 1.807) is 0 Å². The third kappa shape index (κ3) is 2.47. The smallest absolute Gasteiger partial charge is 0.124 e. The number of rotatable bonds is 2. The fraction of sp³-hybridized carbons (Fsp3) is 0.600. The first-order valence-electron chi connectivity index (χ1n) is 6.57. The fourth-order valence-electron chi connectivity index (χ4n) is 2.24. The largest absolute Gasteiger partial charge is 0.493 e. The van der Waals surface area contributed by atoms with Crippen LogP contribution in [0.5, 0.6) is 5.75 Å². The van der Waals surface area contributed by atoms with E-state index in [-0.39, 0.29) is 11.5 Å². The third-order valence-corrected chi connectivity index (χ3v) is 3.99. The molecule has 0 unspecified atom stereocenters. The van der Waals surface area contributed by atoms with Crippen molar-refractivity contribution in [2.75, 3.05) is 6.61 Å². The van der Waals surface area contributed by atoms with E-state index < -0.39 is 0 Å². The molecule has 0 amide bonds. The fourth-order valence-corrected chi connectivity index (χ4v) is 2.24. The quantitative estimate of drug-likeness (QED) is 0.848. The van der Waals surface area contributed by atoms with Gasteiger partial charge >= 0.3 is 0 Å². The summed E-state index contributed by atoms with van der Waals surface area (Å²) in [6.07, 6.45) is 3.19. The minimum atomic E-state index is 0.125. The molecule has 0 saturated heterocycles. The van der Waals surface area contributed by atoms with Gasteiger partial charge in [-0.05, 0) is 42.4 Å². The molecule has 1 heterocycles. The molecule has 0 radical (unpaired) electrons. The molecule has 2 N–H and O–H groups in total. The summed E-state index contributed by atoms with van der Waals surface area (Å²) in [5, 5.41) is 0. The molecule has 0 saturated carbocycles. The molecule has 1 aromatic rings. The Morgan fingerprint density at radius 1 is 1.41 bits per heavy atom. The van der Waals surface area contributed by atoms with E-state index in [0.29, 0.717) is 0 Å². The van der Waals surface area contributed by atoms with Gasteiger partial charge in [-0.15, -0.1) is 0 Å². The molecule has 1 aliphatic heterocycles. The van der Waals surface area contributed by atoms with E-state index in [1.807, 2.05) is 0 Å². The van der Waals surface area contributed by atoms with E-state index in [9.17, 15) is 0 Å². The maximum atomic E-state index is 6.22. The first-order valence-corrected chi connectivity index (χ1v) is 6.57. The molecule has 1 aromatic carbocycles. The molecule has 1 atom stereocenters. The average molecular weight is 233 g/mol. The Morgan fingerprint density at radius 3 is 2.88 bits per heavy atom. The molecule has 2 heteroatoms. The molecule has 0 bridgehead atoms. The SMILES string of the molecule is CCC(C)(C)c1ccc2c(c1)[C@@H](N)CCCO2. The van der Waals surface area contributed by atoms with Crippen LogP contribution >= 0.6 is 0 Å². The number of hydrogen-bond donors (Lipinski definition) is 1. The van der Waals surface area contributed by atoms with Crippen LogP contribution in [0.4, 0.5) is 0 Å². The van der Waals surface area contributed by atoms with Gasteiger partial charge in [-0.25, -0.2) is 0 Å². The predicted molar refractivity (Wildman–Crippen MR) is 71.4 cm³/mol. The van der Waals surface area contributed by atoms with Crippen LogP contribution in [-0.2, 0) is 5.41 Å². The van der Waals surface area contributed by atoms with E-state index in [4.69, 9.17) is 10.5 Å². The van der Waals surface area contributed by atoms with Crippen molar-refractivity contribution in [3.63, 3.8) is 0 Å². The first kappa shape index (κ1) is 12.4. The highest BCUT2D eigenvalue weighted by atomic mass is 16.5. The summed E-state index contributed by atoms with van der Waals surface area (Å²) in [5.74, 6) is 0.977. The highest BCUT2D eigenvalue weighted by Crippen LogP contribution is 2.35. The van der Waals surface area contributed by atoms with Crippen LogP contribution in [0.1, 0.15) is 57.2 Å². The van der Waals surface area contributed by atoms with Gasteiger partial charge < -0.3 is 10.5 Å². The minimum Gasteiger partial charge on any atom is -0.493 e. The summed E-state index contributed by atoms with van der Waals surface area (Å²) in [4.78, 5) is 0. The second kappa shape index (κ2) is 4.69. The molecular formula is C15H23NO. The number of benzene rings is 1. The number of hydrogen-bond acceptors (Lipinski definition) is 2. The van der Waals surface area contributed by atoms with E-state index in [2.05, 4.69) is 39.0 Å². The maximum Gasteiger partial charge on any atom is 0.124 e. The van der Waals surface area contributed by atoms with Crippen molar-refractivity contribution in [3.8, 4) is 5.75 Å². The zero-order valence-corrected chi connectivity index (χ0v) is 11.1. The summed E-state index contributed by atoms with van der Waals surface area (Å²) >= 11 is 0. The van der Waals surface area contributed by atoms with Gasteiger partial charge in [0, 0.05) is 11.6 Å². The van der Waals surface area contributed by atoms with Gasteiger partial charge in [0.25, 0.3) is 0 Å². The van der Waals surface area contributed by atoms with Gasteiger partial charge in [0.15, 0.2) is 0 Å². The Bertz CT molecular complexity index is 398. The van der Waals surface area contributed by atoms with E-state index in [1.165, 1.54) is 11.1 Å². The van der Waals surface area contributed by atoms with Gasteiger partial charge in [0.1, 0.15) is 5.75 Å². The Hall–Kier alpha value is -1.02. The maximum absolute atomic E-state index is 6.22.